The van der Waals surface area contributed by atoms with Crippen LogP contribution in [0.2, 0.25) is 0 Å². The Bertz CT molecular complexity index is 1060. The summed E-state index contributed by atoms with van der Waals surface area (Å²) in [4.78, 5) is 24.7. The minimum atomic E-state index is -0.780. The normalized spacial score (nSPS) is 10.8. The lowest BCUT2D eigenvalue weighted by Gasteiger charge is -2.09. The predicted molar refractivity (Wildman–Crippen MR) is 93.2 cm³/mol. The van der Waals surface area contributed by atoms with Gasteiger partial charge in [0.2, 0.25) is 0 Å². The van der Waals surface area contributed by atoms with Gasteiger partial charge < -0.3 is 24.5 Å². The Kier molecular flexibility index (Phi) is 4.29. The molecule has 7 heteroatoms. The fourth-order valence-electron chi connectivity index (χ4n) is 2.90. The summed E-state index contributed by atoms with van der Waals surface area (Å²) in [6, 6.07) is 6.72. The molecule has 0 unspecified atom stereocenters. The van der Waals surface area contributed by atoms with E-state index in [2.05, 4.69) is 0 Å². The van der Waals surface area contributed by atoms with E-state index in [1.165, 1.54) is 25.3 Å². The minimum absolute atomic E-state index is 0.00865. The highest BCUT2D eigenvalue weighted by Gasteiger charge is 2.19. The van der Waals surface area contributed by atoms with Crippen LogP contribution < -0.4 is 10.4 Å². The van der Waals surface area contributed by atoms with Gasteiger partial charge in [-0.3, -0.25) is 4.79 Å². The number of ether oxygens (including phenoxy) is 1. The molecule has 0 radical (unpaired) electrons. The molecule has 1 heterocycles. The zero-order chi connectivity index (χ0) is 19.0. The minimum Gasteiger partial charge on any atom is -0.508 e. The lowest BCUT2D eigenvalue weighted by molar-refractivity contribution is 0.0983. The highest BCUT2D eigenvalue weighted by Crippen LogP contribution is 2.30. The largest absolute Gasteiger partial charge is 0.508 e. The number of hydrogen-bond acceptors (Lipinski definition) is 7. The van der Waals surface area contributed by atoms with E-state index < -0.39 is 11.4 Å². The maximum atomic E-state index is 12.5. The molecule has 0 bridgehead atoms. The van der Waals surface area contributed by atoms with Gasteiger partial charge in [0.05, 0.1) is 19.1 Å². The zero-order valence-corrected chi connectivity index (χ0v) is 14.1. The van der Waals surface area contributed by atoms with Crippen LogP contribution in [-0.4, -0.2) is 28.2 Å². The maximum absolute atomic E-state index is 12.5. The number of aromatic hydroxyl groups is 3. The summed E-state index contributed by atoms with van der Waals surface area (Å²) in [6.07, 6.45) is -0.275. The number of phenols is 3. The van der Waals surface area contributed by atoms with E-state index in [0.717, 1.165) is 6.07 Å². The summed E-state index contributed by atoms with van der Waals surface area (Å²) in [7, 11) is 1.42. The van der Waals surface area contributed by atoms with Gasteiger partial charge in [-0.15, -0.1) is 0 Å². The summed E-state index contributed by atoms with van der Waals surface area (Å²) in [5, 5.41) is 29.7. The Morgan fingerprint density at radius 3 is 2.46 bits per heavy atom. The van der Waals surface area contributed by atoms with Crippen LogP contribution in [-0.2, 0) is 6.42 Å². The van der Waals surface area contributed by atoms with E-state index in [1.807, 2.05) is 0 Å². The van der Waals surface area contributed by atoms with Crippen LogP contribution in [0.25, 0.3) is 10.8 Å². The van der Waals surface area contributed by atoms with Gasteiger partial charge in [-0.1, -0.05) is 0 Å². The smallest absolute Gasteiger partial charge is 0.347 e. The van der Waals surface area contributed by atoms with Gasteiger partial charge in [-0.05, 0) is 36.1 Å². The van der Waals surface area contributed by atoms with Crippen LogP contribution >= 0.6 is 0 Å². The molecule has 26 heavy (non-hydrogen) atoms. The first kappa shape index (κ1) is 17.3. The van der Waals surface area contributed by atoms with Gasteiger partial charge in [0.1, 0.15) is 34.1 Å². The molecule has 0 fully saturated rings. The quantitative estimate of drug-likeness (QED) is 0.615. The van der Waals surface area contributed by atoms with E-state index in [0.29, 0.717) is 16.7 Å². The SMILES string of the molecule is COc1cc(O)c2c(=O)oc(CC(=O)c3c(C)cc(O)cc3O)cc2c1. The van der Waals surface area contributed by atoms with Crippen LogP contribution in [0.1, 0.15) is 21.7 Å². The summed E-state index contributed by atoms with van der Waals surface area (Å²) in [5.74, 6) is -0.837. The van der Waals surface area contributed by atoms with Crippen molar-refractivity contribution in [1.82, 2.24) is 0 Å². The average Bonchev–Trinajstić information content (AvgIpc) is 2.52. The number of hydrogen-bond donors (Lipinski definition) is 3. The van der Waals surface area contributed by atoms with Gasteiger partial charge in [0.15, 0.2) is 5.78 Å². The second-order valence-electron chi connectivity index (χ2n) is 5.87. The van der Waals surface area contributed by atoms with E-state index in [1.54, 1.807) is 13.0 Å². The molecule has 3 rings (SSSR count). The van der Waals surface area contributed by atoms with Crippen molar-refractivity contribution in [2.24, 2.45) is 0 Å². The van der Waals surface area contributed by atoms with Crippen molar-refractivity contribution in [3.63, 3.8) is 0 Å². The molecular formula is C19H16O7. The highest BCUT2D eigenvalue weighted by molar-refractivity contribution is 6.01. The Balaban J connectivity index is 2.04. The van der Waals surface area contributed by atoms with E-state index in [9.17, 15) is 24.9 Å². The molecule has 2 aromatic carbocycles. The van der Waals surface area contributed by atoms with Crippen molar-refractivity contribution in [3.05, 3.63) is 57.6 Å². The number of aryl methyl sites for hydroxylation is 1. The molecular weight excluding hydrogens is 340 g/mol. The van der Waals surface area contributed by atoms with Gasteiger partial charge in [0, 0.05) is 12.1 Å². The average molecular weight is 356 g/mol. The first-order valence-electron chi connectivity index (χ1n) is 7.69. The third-order valence-corrected chi connectivity index (χ3v) is 4.01. The van der Waals surface area contributed by atoms with Crippen molar-refractivity contribution >= 4 is 16.6 Å². The van der Waals surface area contributed by atoms with Gasteiger partial charge in [-0.2, -0.15) is 0 Å². The molecule has 134 valence electrons. The van der Waals surface area contributed by atoms with Gasteiger partial charge in [-0.25, -0.2) is 4.79 Å². The Morgan fingerprint density at radius 1 is 1.08 bits per heavy atom. The van der Waals surface area contributed by atoms with Crippen molar-refractivity contribution < 1.29 is 29.3 Å². The third kappa shape index (κ3) is 3.06. The molecule has 0 aliphatic heterocycles. The molecule has 0 aliphatic carbocycles. The first-order valence-corrected chi connectivity index (χ1v) is 7.69. The topological polar surface area (TPSA) is 117 Å². The fraction of sp³-hybridized carbons (Fsp3) is 0.158. The second kappa shape index (κ2) is 6.44. The van der Waals surface area contributed by atoms with Crippen LogP contribution in [0, 0.1) is 6.92 Å². The maximum Gasteiger partial charge on any atom is 0.347 e. The number of benzene rings is 2. The monoisotopic (exact) mass is 356 g/mol. The molecule has 7 nitrogen and oxygen atoms in total. The van der Waals surface area contributed by atoms with Gasteiger partial charge in [0.25, 0.3) is 0 Å². The Hall–Kier alpha value is -3.48. The third-order valence-electron chi connectivity index (χ3n) is 4.01. The van der Waals surface area contributed by atoms with E-state index in [4.69, 9.17) is 9.15 Å². The van der Waals surface area contributed by atoms with Crippen LogP contribution in [0.5, 0.6) is 23.0 Å². The fourth-order valence-corrected chi connectivity index (χ4v) is 2.90. The number of fused-ring (bicyclic) bond motifs is 1. The number of Topliss-reactive ketones (excluding diaryl/α,β-unsaturated/α-hetero) is 1. The van der Waals surface area contributed by atoms with E-state index in [-0.39, 0.29) is 40.4 Å². The summed E-state index contributed by atoms with van der Waals surface area (Å²) < 4.78 is 10.2. The summed E-state index contributed by atoms with van der Waals surface area (Å²) >= 11 is 0. The van der Waals surface area contributed by atoms with Crippen molar-refractivity contribution in [1.29, 1.82) is 0 Å². The summed E-state index contributed by atoms with van der Waals surface area (Å²) in [6.45, 7) is 1.58. The van der Waals surface area contributed by atoms with Crippen LogP contribution in [0.15, 0.2) is 39.5 Å². The molecule has 0 atom stereocenters. The second-order valence-corrected chi connectivity index (χ2v) is 5.87. The molecule has 0 saturated carbocycles. The number of phenolic OH excluding ortho intramolecular Hbond substituents is 3. The van der Waals surface area contributed by atoms with Crippen molar-refractivity contribution in [2.75, 3.05) is 7.11 Å². The lowest BCUT2D eigenvalue weighted by atomic mass is 9.99. The van der Waals surface area contributed by atoms with E-state index >= 15 is 0 Å². The standard InChI is InChI=1S/C19H16O7/c1-9-3-11(20)6-14(21)17(9)15(22)8-13-5-10-4-12(25-2)7-16(23)18(10)19(24)26-13/h3-7,20-21,23H,8H2,1-2H3. The van der Waals surface area contributed by atoms with Crippen LogP contribution in [0.4, 0.5) is 0 Å². The van der Waals surface area contributed by atoms with Crippen molar-refractivity contribution in [2.45, 2.75) is 13.3 Å². The Labute approximate surface area is 147 Å². The number of rotatable bonds is 4. The molecule has 0 amide bonds. The van der Waals surface area contributed by atoms with Crippen molar-refractivity contribution in [3.8, 4) is 23.0 Å². The first-order chi connectivity index (χ1) is 12.3. The predicted octanol–water partition coefficient (Wildman–Crippen LogP) is 2.65. The molecule has 0 saturated heterocycles. The number of methoxy groups -OCH3 is 1. The molecule has 1 aromatic heterocycles. The number of ketones is 1. The Morgan fingerprint density at radius 2 is 1.81 bits per heavy atom. The highest BCUT2D eigenvalue weighted by atomic mass is 16.5. The molecule has 0 spiro atoms. The number of carbonyl (C=O) groups excluding carboxylic acids is 1. The van der Waals surface area contributed by atoms with Crippen LogP contribution in [0.3, 0.4) is 0 Å². The number of carbonyl (C=O) groups is 1. The molecule has 0 aliphatic rings. The van der Waals surface area contributed by atoms with Gasteiger partial charge >= 0.3 is 5.63 Å². The molecule has 3 aromatic rings. The zero-order valence-electron chi connectivity index (χ0n) is 14.1. The molecule has 3 N–H and O–H groups in total. The lowest BCUT2D eigenvalue weighted by Crippen LogP contribution is -2.09. The summed E-state index contributed by atoms with van der Waals surface area (Å²) in [5.41, 5.74) is -0.342.